The fraction of sp³-hybridized carbons (Fsp3) is 0.250. The molecule has 0 spiro atoms. The maximum absolute atomic E-state index is 10.7. The van der Waals surface area contributed by atoms with E-state index in [1.54, 1.807) is 13.0 Å². The zero-order valence-corrected chi connectivity index (χ0v) is 7.72. The van der Waals surface area contributed by atoms with E-state index in [0.717, 1.165) is 11.1 Å². The molecule has 0 aromatic heterocycles. The molecule has 0 atom stereocenters. The first-order valence-corrected chi connectivity index (χ1v) is 4.90. The zero-order chi connectivity index (χ0) is 9.35. The topological polar surface area (TPSA) is 54.4 Å². The Balaban J connectivity index is 0.00000144. The molecule has 0 amide bonds. The molecule has 0 aliphatic carbocycles. The molecule has 0 heterocycles. The van der Waals surface area contributed by atoms with Crippen LogP contribution in [0.2, 0.25) is 0 Å². The Morgan fingerprint density at radius 2 is 1.69 bits per heavy atom. The predicted octanol–water partition coefficient (Wildman–Crippen LogP) is 0.634. The summed E-state index contributed by atoms with van der Waals surface area (Å²) >= 11 is 0. The third-order valence-corrected chi connectivity index (χ3v) is 2.63. The summed E-state index contributed by atoms with van der Waals surface area (Å²) < 4.78 is 30.0. The third-order valence-electron chi connectivity index (χ3n) is 1.78. The molecule has 1 rings (SSSR count). The average molecular weight is 228 g/mol. The maximum atomic E-state index is 10.7. The van der Waals surface area contributed by atoms with E-state index in [-0.39, 0.29) is 42.6 Å². The predicted molar refractivity (Wildman–Crippen MR) is 54.3 cm³/mol. The SMILES string of the molecule is Cc1ccc(S(=O)(=O)O)cc1C.[CaH2]. The van der Waals surface area contributed by atoms with Crippen molar-refractivity contribution < 1.29 is 13.0 Å². The van der Waals surface area contributed by atoms with Gasteiger partial charge in [-0.15, -0.1) is 0 Å². The van der Waals surface area contributed by atoms with Gasteiger partial charge in [-0.25, -0.2) is 0 Å². The Morgan fingerprint density at radius 1 is 1.15 bits per heavy atom. The van der Waals surface area contributed by atoms with Crippen LogP contribution < -0.4 is 0 Å². The van der Waals surface area contributed by atoms with Crippen molar-refractivity contribution >= 4 is 47.9 Å². The minimum absolute atomic E-state index is 0. The fourth-order valence-corrected chi connectivity index (χ4v) is 1.44. The van der Waals surface area contributed by atoms with E-state index in [0.29, 0.717) is 0 Å². The van der Waals surface area contributed by atoms with Gasteiger partial charge in [0.1, 0.15) is 0 Å². The normalized spacial score (nSPS) is 10.7. The van der Waals surface area contributed by atoms with Gasteiger partial charge in [-0.1, -0.05) is 6.07 Å². The van der Waals surface area contributed by atoms with Gasteiger partial charge >= 0.3 is 37.7 Å². The molecule has 1 aromatic carbocycles. The van der Waals surface area contributed by atoms with Crippen LogP contribution in [0.1, 0.15) is 11.1 Å². The van der Waals surface area contributed by atoms with Gasteiger partial charge in [0.2, 0.25) is 0 Å². The summed E-state index contributed by atoms with van der Waals surface area (Å²) in [5.74, 6) is 0. The number of aryl methyl sites for hydroxylation is 2. The Morgan fingerprint density at radius 3 is 2.08 bits per heavy atom. The van der Waals surface area contributed by atoms with Gasteiger partial charge in [0.15, 0.2) is 0 Å². The summed E-state index contributed by atoms with van der Waals surface area (Å²) in [7, 11) is -4.04. The summed E-state index contributed by atoms with van der Waals surface area (Å²) in [5.41, 5.74) is 1.85. The molecule has 0 radical (unpaired) electrons. The van der Waals surface area contributed by atoms with E-state index in [1.165, 1.54) is 12.1 Å². The fourth-order valence-electron chi connectivity index (χ4n) is 0.874. The van der Waals surface area contributed by atoms with Crippen LogP contribution in [0.15, 0.2) is 23.1 Å². The number of hydrogen-bond donors (Lipinski definition) is 1. The first kappa shape index (κ1) is 13.4. The van der Waals surface area contributed by atoms with Crippen molar-refractivity contribution in [3.8, 4) is 0 Å². The van der Waals surface area contributed by atoms with Crippen LogP contribution in [0.25, 0.3) is 0 Å². The Bertz CT molecular complexity index is 398. The molecular weight excluding hydrogens is 216 g/mol. The molecule has 13 heavy (non-hydrogen) atoms. The van der Waals surface area contributed by atoms with E-state index in [2.05, 4.69) is 0 Å². The first-order valence-electron chi connectivity index (χ1n) is 3.46. The van der Waals surface area contributed by atoms with Crippen LogP contribution in [0.3, 0.4) is 0 Å². The molecule has 3 nitrogen and oxygen atoms in total. The molecular formula is C8H12CaO3S. The summed E-state index contributed by atoms with van der Waals surface area (Å²) in [5, 5.41) is 0. The van der Waals surface area contributed by atoms with Crippen LogP contribution in [0.4, 0.5) is 0 Å². The van der Waals surface area contributed by atoms with Crippen LogP contribution in [0.5, 0.6) is 0 Å². The van der Waals surface area contributed by atoms with Gasteiger partial charge in [-0.05, 0) is 37.1 Å². The van der Waals surface area contributed by atoms with Gasteiger partial charge in [0, 0.05) is 0 Å². The van der Waals surface area contributed by atoms with Crippen molar-refractivity contribution in [3.63, 3.8) is 0 Å². The van der Waals surface area contributed by atoms with Crippen LogP contribution in [0, 0.1) is 13.8 Å². The molecule has 1 aromatic rings. The van der Waals surface area contributed by atoms with E-state index in [4.69, 9.17) is 4.55 Å². The summed E-state index contributed by atoms with van der Waals surface area (Å²) in [6.45, 7) is 3.67. The Labute approximate surface area is 108 Å². The van der Waals surface area contributed by atoms with E-state index in [9.17, 15) is 8.42 Å². The molecule has 0 bridgehead atoms. The molecule has 0 aliphatic heterocycles. The summed E-state index contributed by atoms with van der Waals surface area (Å²) in [6.07, 6.45) is 0. The monoisotopic (exact) mass is 228 g/mol. The molecule has 0 saturated carbocycles. The van der Waals surface area contributed by atoms with Gasteiger partial charge in [-0.2, -0.15) is 8.42 Å². The van der Waals surface area contributed by atoms with Crippen molar-refractivity contribution in [1.82, 2.24) is 0 Å². The van der Waals surface area contributed by atoms with Crippen molar-refractivity contribution in [2.45, 2.75) is 18.7 Å². The van der Waals surface area contributed by atoms with E-state index >= 15 is 0 Å². The van der Waals surface area contributed by atoms with Gasteiger partial charge < -0.3 is 0 Å². The van der Waals surface area contributed by atoms with Crippen LogP contribution in [-0.2, 0) is 10.1 Å². The molecule has 1 N–H and O–H groups in total. The second-order valence-corrected chi connectivity index (χ2v) is 4.14. The number of rotatable bonds is 1. The minimum atomic E-state index is -4.04. The molecule has 0 saturated heterocycles. The van der Waals surface area contributed by atoms with E-state index in [1.807, 2.05) is 6.92 Å². The first-order chi connectivity index (χ1) is 5.41. The quantitative estimate of drug-likeness (QED) is 0.567. The second-order valence-electron chi connectivity index (χ2n) is 2.72. The second kappa shape index (κ2) is 4.75. The van der Waals surface area contributed by atoms with Gasteiger partial charge in [0.25, 0.3) is 10.1 Å². The van der Waals surface area contributed by atoms with Crippen molar-refractivity contribution in [2.24, 2.45) is 0 Å². The summed E-state index contributed by atoms with van der Waals surface area (Å²) in [6, 6.07) is 4.50. The average Bonchev–Trinajstić information content (AvgIpc) is 1.92. The molecule has 70 valence electrons. The molecule has 0 aliphatic rings. The summed E-state index contributed by atoms with van der Waals surface area (Å²) in [4.78, 5) is -0.0504. The zero-order valence-electron chi connectivity index (χ0n) is 6.90. The molecule has 0 unspecified atom stereocenters. The third kappa shape index (κ3) is 3.56. The molecule has 5 heteroatoms. The van der Waals surface area contributed by atoms with Gasteiger partial charge in [0.05, 0.1) is 4.90 Å². The molecule has 0 fully saturated rings. The standard InChI is InChI=1S/C8H10O3S.Ca.2H/c1-6-3-4-8(5-7(6)2)12(9,10)11;;;/h3-5H,1-2H3,(H,9,10,11);;;. The Hall–Kier alpha value is 0.390. The van der Waals surface area contributed by atoms with Crippen molar-refractivity contribution in [1.29, 1.82) is 0 Å². The van der Waals surface area contributed by atoms with Crippen molar-refractivity contribution in [2.75, 3.05) is 0 Å². The number of benzene rings is 1. The van der Waals surface area contributed by atoms with Crippen LogP contribution >= 0.6 is 0 Å². The van der Waals surface area contributed by atoms with Crippen molar-refractivity contribution in [3.05, 3.63) is 29.3 Å². The van der Waals surface area contributed by atoms with E-state index < -0.39 is 10.1 Å². The Kier molecular flexibility index (Phi) is 4.90. The van der Waals surface area contributed by atoms with Gasteiger partial charge in [-0.3, -0.25) is 4.55 Å². The van der Waals surface area contributed by atoms with Crippen LogP contribution in [-0.4, -0.2) is 50.7 Å². The number of hydrogen-bond acceptors (Lipinski definition) is 2.